The van der Waals surface area contributed by atoms with Crippen LogP contribution in [0.4, 0.5) is 0 Å². The van der Waals surface area contributed by atoms with Gasteiger partial charge in [-0.3, -0.25) is 0 Å². The zero-order valence-electron chi connectivity index (χ0n) is 8.71. The maximum Gasteiger partial charge on any atom is 0.0655 e. The number of rotatable bonds is 3. The molecule has 0 heterocycles. The number of hydrogen-bond donors (Lipinski definition) is 1. The lowest BCUT2D eigenvalue weighted by atomic mass is 9.83. The lowest BCUT2D eigenvalue weighted by Gasteiger charge is -2.25. The van der Waals surface area contributed by atoms with Crippen LogP contribution in [0, 0.1) is 23.2 Å². The molecule has 13 heavy (non-hydrogen) atoms. The van der Waals surface area contributed by atoms with E-state index in [1.54, 1.807) is 0 Å². The van der Waals surface area contributed by atoms with Crippen LogP contribution in [-0.4, -0.2) is 12.6 Å². The summed E-state index contributed by atoms with van der Waals surface area (Å²) >= 11 is 0. The number of nitrogens with one attached hydrogen (secondary N) is 1. The third kappa shape index (κ3) is 3.78. The topological polar surface area (TPSA) is 35.8 Å². The molecule has 0 spiro atoms. The molecule has 1 rings (SSSR count). The van der Waals surface area contributed by atoms with E-state index < -0.39 is 0 Å². The molecule has 0 amide bonds. The van der Waals surface area contributed by atoms with E-state index in [2.05, 4.69) is 25.2 Å². The number of nitrogens with zero attached hydrogens (tertiary/aromatic N) is 1. The molecular formula is C11H20N2. The van der Waals surface area contributed by atoms with Gasteiger partial charge in [-0.2, -0.15) is 5.26 Å². The van der Waals surface area contributed by atoms with Crippen molar-refractivity contribution in [3.8, 4) is 6.07 Å². The highest BCUT2D eigenvalue weighted by Gasteiger charge is 2.20. The fourth-order valence-corrected chi connectivity index (χ4v) is 1.90. The van der Waals surface area contributed by atoms with Crippen LogP contribution >= 0.6 is 0 Å². The second-order valence-corrected chi connectivity index (χ2v) is 4.41. The molecule has 0 aromatic carbocycles. The molecular weight excluding hydrogens is 160 g/mol. The lowest BCUT2D eigenvalue weighted by molar-refractivity contribution is 0.298. The number of nitriles is 1. The zero-order valence-corrected chi connectivity index (χ0v) is 8.71. The summed E-state index contributed by atoms with van der Waals surface area (Å²) in [7, 11) is 0. The van der Waals surface area contributed by atoms with Crippen LogP contribution < -0.4 is 5.32 Å². The van der Waals surface area contributed by atoms with Gasteiger partial charge in [-0.1, -0.05) is 13.8 Å². The van der Waals surface area contributed by atoms with Crippen LogP contribution in [0.25, 0.3) is 0 Å². The van der Waals surface area contributed by atoms with Crippen molar-refractivity contribution in [3.05, 3.63) is 0 Å². The van der Waals surface area contributed by atoms with E-state index in [0.717, 1.165) is 25.3 Å². The molecule has 0 radical (unpaired) electrons. The van der Waals surface area contributed by atoms with Crippen molar-refractivity contribution in [2.24, 2.45) is 11.8 Å². The molecule has 0 atom stereocenters. The highest BCUT2D eigenvalue weighted by Crippen LogP contribution is 2.27. The van der Waals surface area contributed by atoms with E-state index in [1.807, 2.05) is 0 Å². The summed E-state index contributed by atoms with van der Waals surface area (Å²) in [6, 6.07) is 2.96. The Morgan fingerprint density at radius 2 is 1.92 bits per heavy atom. The highest BCUT2D eigenvalue weighted by molar-refractivity contribution is 4.87. The molecule has 0 saturated heterocycles. The molecule has 1 fully saturated rings. The largest absolute Gasteiger partial charge is 0.314 e. The Hall–Kier alpha value is -0.550. The molecule has 0 aromatic rings. The van der Waals surface area contributed by atoms with E-state index >= 15 is 0 Å². The van der Waals surface area contributed by atoms with Crippen LogP contribution in [0.15, 0.2) is 0 Å². The van der Waals surface area contributed by atoms with Crippen LogP contribution in [0.3, 0.4) is 0 Å². The van der Waals surface area contributed by atoms with Gasteiger partial charge >= 0.3 is 0 Å². The molecule has 1 aliphatic rings. The standard InChI is InChI=1S/C11H20N2/c1-9(2)13-8-11-5-3-10(7-12)4-6-11/h9-11,13H,3-6,8H2,1-2H3/t10-,11-. The SMILES string of the molecule is CC(C)NC[C@H]1CC[C@H](C#N)CC1. The van der Waals surface area contributed by atoms with Gasteiger partial charge in [0, 0.05) is 12.0 Å². The predicted molar refractivity (Wildman–Crippen MR) is 54.2 cm³/mol. The molecule has 0 aliphatic heterocycles. The molecule has 0 aromatic heterocycles. The van der Waals surface area contributed by atoms with Crippen molar-refractivity contribution >= 4 is 0 Å². The summed E-state index contributed by atoms with van der Waals surface area (Å²) in [5, 5.41) is 12.2. The quantitative estimate of drug-likeness (QED) is 0.723. The monoisotopic (exact) mass is 180 g/mol. The first kappa shape index (κ1) is 10.5. The van der Waals surface area contributed by atoms with Gasteiger partial charge in [0.05, 0.1) is 6.07 Å². The zero-order chi connectivity index (χ0) is 9.68. The minimum absolute atomic E-state index is 0.343. The van der Waals surface area contributed by atoms with Crippen LogP contribution in [-0.2, 0) is 0 Å². The van der Waals surface area contributed by atoms with Gasteiger partial charge in [0.2, 0.25) is 0 Å². The summed E-state index contributed by atoms with van der Waals surface area (Å²) in [6.45, 7) is 5.50. The van der Waals surface area contributed by atoms with Gasteiger partial charge in [-0.15, -0.1) is 0 Å². The molecule has 0 bridgehead atoms. The summed E-state index contributed by atoms with van der Waals surface area (Å²) in [6.07, 6.45) is 4.69. The van der Waals surface area contributed by atoms with E-state index in [-0.39, 0.29) is 0 Å². The van der Waals surface area contributed by atoms with Crippen molar-refractivity contribution in [3.63, 3.8) is 0 Å². The molecule has 1 N–H and O–H groups in total. The van der Waals surface area contributed by atoms with Crippen LogP contribution in [0.2, 0.25) is 0 Å². The van der Waals surface area contributed by atoms with Gasteiger partial charge in [-0.25, -0.2) is 0 Å². The van der Waals surface area contributed by atoms with E-state index in [0.29, 0.717) is 12.0 Å². The molecule has 74 valence electrons. The highest BCUT2D eigenvalue weighted by atomic mass is 14.9. The van der Waals surface area contributed by atoms with Gasteiger partial charge < -0.3 is 5.32 Å². The fraction of sp³-hybridized carbons (Fsp3) is 0.909. The van der Waals surface area contributed by atoms with Gasteiger partial charge in [0.1, 0.15) is 0 Å². The van der Waals surface area contributed by atoms with Crippen molar-refractivity contribution < 1.29 is 0 Å². The maximum absolute atomic E-state index is 8.73. The minimum Gasteiger partial charge on any atom is -0.314 e. The third-order valence-corrected chi connectivity index (χ3v) is 2.84. The van der Waals surface area contributed by atoms with Gasteiger partial charge in [-0.05, 0) is 38.1 Å². The minimum atomic E-state index is 0.343. The molecule has 0 unspecified atom stereocenters. The molecule has 1 aliphatic carbocycles. The van der Waals surface area contributed by atoms with Crippen LogP contribution in [0.1, 0.15) is 39.5 Å². The Kier molecular flexibility index (Phi) is 4.24. The number of hydrogen-bond acceptors (Lipinski definition) is 2. The smallest absolute Gasteiger partial charge is 0.0655 e. The van der Waals surface area contributed by atoms with Gasteiger partial charge in [0.15, 0.2) is 0 Å². The molecule has 2 heteroatoms. The maximum atomic E-state index is 8.73. The van der Waals surface area contributed by atoms with E-state index in [1.165, 1.54) is 12.8 Å². The van der Waals surface area contributed by atoms with Crippen LogP contribution in [0.5, 0.6) is 0 Å². The second kappa shape index (κ2) is 5.24. The summed E-state index contributed by atoms with van der Waals surface area (Å²) in [5.41, 5.74) is 0. The first-order valence-electron chi connectivity index (χ1n) is 5.35. The average Bonchev–Trinajstić information content (AvgIpc) is 2.15. The van der Waals surface area contributed by atoms with Crippen molar-refractivity contribution in [2.45, 2.75) is 45.6 Å². The van der Waals surface area contributed by atoms with Crippen molar-refractivity contribution in [2.75, 3.05) is 6.54 Å². The Bertz CT molecular complexity index is 173. The van der Waals surface area contributed by atoms with Gasteiger partial charge in [0.25, 0.3) is 0 Å². The predicted octanol–water partition coefficient (Wildman–Crippen LogP) is 2.31. The third-order valence-electron chi connectivity index (χ3n) is 2.84. The van der Waals surface area contributed by atoms with Crippen molar-refractivity contribution in [1.82, 2.24) is 5.32 Å². The second-order valence-electron chi connectivity index (χ2n) is 4.41. The summed E-state index contributed by atoms with van der Waals surface area (Å²) < 4.78 is 0. The first-order valence-corrected chi connectivity index (χ1v) is 5.35. The Morgan fingerprint density at radius 1 is 1.31 bits per heavy atom. The molecule has 2 nitrogen and oxygen atoms in total. The Morgan fingerprint density at radius 3 is 2.38 bits per heavy atom. The van der Waals surface area contributed by atoms with E-state index in [4.69, 9.17) is 5.26 Å². The summed E-state index contributed by atoms with van der Waals surface area (Å²) in [4.78, 5) is 0. The van der Waals surface area contributed by atoms with Crippen molar-refractivity contribution in [1.29, 1.82) is 5.26 Å². The fourth-order valence-electron chi connectivity index (χ4n) is 1.90. The van der Waals surface area contributed by atoms with E-state index in [9.17, 15) is 0 Å². The lowest BCUT2D eigenvalue weighted by Crippen LogP contribution is -2.30. The Balaban J connectivity index is 2.15. The first-order chi connectivity index (χ1) is 6.22. The summed E-state index contributed by atoms with van der Waals surface area (Å²) in [5.74, 6) is 1.15. The average molecular weight is 180 g/mol. The Labute approximate surface area is 81.3 Å². The molecule has 1 saturated carbocycles. The normalized spacial score (nSPS) is 28.8.